The molecule has 2 rings (SSSR count). The maximum absolute atomic E-state index is 12.4. The van der Waals surface area contributed by atoms with Crippen LogP contribution >= 0.6 is 0 Å². The molecule has 1 unspecified atom stereocenters. The third-order valence-electron chi connectivity index (χ3n) is 3.77. The smallest absolute Gasteiger partial charge is 0.249 e. The van der Waals surface area contributed by atoms with E-state index in [1.165, 1.54) is 18.1 Å². The second kappa shape index (κ2) is 7.63. The van der Waals surface area contributed by atoms with Crippen molar-refractivity contribution < 1.29 is 23.9 Å². The molecule has 128 valence electrons. The van der Waals surface area contributed by atoms with Crippen LogP contribution in [0.4, 0.5) is 0 Å². The van der Waals surface area contributed by atoms with E-state index in [9.17, 15) is 14.4 Å². The van der Waals surface area contributed by atoms with E-state index < -0.39 is 11.9 Å². The number of rotatable bonds is 6. The van der Waals surface area contributed by atoms with Crippen molar-refractivity contribution in [2.75, 3.05) is 20.8 Å². The number of ether oxygens (including phenoxy) is 2. The molecule has 7 heteroatoms. The number of amides is 3. The predicted octanol–water partition coefficient (Wildman–Crippen LogP) is 0.981. The van der Waals surface area contributed by atoms with E-state index in [1.54, 1.807) is 38.3 Å². The average Bonchev–Trinajstić information content (AvgIpc) is 2.91. The quantitative estimate of drug-likeness (QED) is 0.620. The molecule has 1 aliphatic rings. The highest BCUT2D eigenvalue weighted by molar-refractivity contribution is 6.07. The van der Waals surface area contributed by atoms with E-state index in [0.29, 0.717) is 18.0 Å². The van der Waals surface area contributed by atoms with Gasteiger partial charge < -0.3 is 14.4 Å². The lowest BCUT2D eigenvalue weighted by molar-refractivity contribution is -0.135. The molecule has 1 N–H and O–H groups in total. The molecule has 1 aromatic rings. The van der Waals surface area contributed by atoms with Gasteiger partial charge in [0.05, 0.1) is 20.6 Å². The summed E-state index contributed by atoms with van der Waals surface area (Å²) in [7, 11) is 3.08. The highest BCUT2D eigenvalue weighted by Gasteiger charge is 2.36. The number of hydrogen-bond acceptors (Lipinski definition) is 5. The zero-order valence-electron chi connectivity index (χ0n) is 13.9. The van der Waals surface area contributed by atoms with Crippen molar-refractivity contribution in [1.29, 1.82) is 0 Å². The normalized spacial score (nSPS) is 17.0. The van der Waals surface area contributed by atoms with Gasteiger partial charge in [-0.1, -0.05) is 6.07 Å². The van der Waals surface area contributed by atoms with Gasteiger partial charge in [-0.25, -0.2) is 0 Å². The van der Waals surface area contributed by atoms with Crippen molar-refractivity contribution >= 4 is 23.8 Å². The molecule has 1 aliphatic heterocycles. The first kappa shape index (κ1) is 17.5. The van der Waals surface area contributed by atoms with Gasteiger partial charge in [0.1, 0.15) is 6.04 Å². The summed E-state index contributed by atoms with van der Waals surface area (Å²) in [6.07, 6.45) is 3.01. The van der Waals surface area contributed by atoms with Crippen LogP contribution in [0.25, 0.3) is 6.08 Å². The lowest BCUT2D eigenvalue weighted by atomic mass is 10.1. The standard InChI is InChI=1S/C17H20N2O5/c1-4-19(12-10-15(20)18-17(12)22)16(21)8-6-11-5-7-13(23-2)14(9-11)24-3/h5-9,12H,4,10H2,1-3H3,(H,18,20,22)/b8-6+. The van der Waals surface area contributed by atoms with Gasteiger partial charge in [0, 0.05) is 12.6 Å². The van der Waals surface area contributed by atoms with Crippen LogP contribution in [-0.4, -0.2) is 49.4 Å². The second-order valence-corrected chi connectivity index (χ2v) is 5.20. The van der Waals surface area contributed by atoms with Gasteiger partial charge in [-0.05, 0) is 30.7 Å². The van der Waals surface area contributed by atoms with E-state index in [-0.39, 0.29) is 18.2 Å². The molecule has 7 nitrogen and oxygen atoms in total. The van der Waals surface area contributed by atoms with Gasteiger partial charge in [-0.15, -0.1) is 0 Å². The largest absolute Gasteiger partial charge is 0.493 e. The molecule has 1 aromatic carbocycles. The van der Waals surface area contributed by atoms with Gasteiger partial charge in [0.25, 0.3) is 0 Å². The number of benzene rings is 1. The lowest BCUT2D eigenvalue weighted by Gasteiger charge is -2.23. The maximum Gasteiger partial charge on any atom is 0.249 e. The minimum absolute atomic E-state index is 0.00259. The number of methoxy groups -OCH3 is 2. The number of imide groups is 1. The van der Waals surface area contributed by atoms with Crippen LogP contribution < -0.4 is 14.8 Å². The third kappa shape index (κ3) is 3.73. The highest BCUT2D eigenvalue weighted by atomic mass is 16.5. The van der Waals surface area contributed by atoms with Gasteiger partial charge in [0.2, 0.25) is 17.7 Å². The molecule has 1 heterocycles. The Labute approximate surface area is 140 Å². The van der Waals surface area contributed by atoms with Crippen molar-refractivity contribution in [2.45, 2.75) is 19.4 Å². The van der Waals surface area contributed by atoms with Crippen LogP contribution in [0.3, 0.4) is 0 Å². The van der Waals surface area contributed by atoms with Crippen molar-refractivity contribution in [3.8, 4) is 11.5 Å². The Morgan fingerprint density at radius 1 is 1.29 bits per heavy atom. The van der Waals surface area contributed by atoms with Crippen LogP contribution in [0.15, 0.2) is 24.3 Å². The molecule has 3 amide bonds. The Kier molecular flexibility index (Phi) is 5.57. The number of nitrogens with zero attached hydrogens (tertiary/aromatic N) is 1. The summed E-state index contributed by atoms with van der Waals surface area (Å²) in [4.78, 5) is 36.8. The summed E-state index contributed by atoms with van der Waals surface area (Å²) in [6, 6.07) is 4.52. The Bertz CT molecular complexity index is 684. The number of nitrogens with one attached hydrogen (secondary N) is 1. The number of carbonyl (C=O) groups is 3. The lowest BCUT2D eigenvalue weighted by Crippen LogP contribution is -2.43. The SMILES string of the molecule is CCN(C(=O)/C=C/c1ccc(OC)c(OC)c1)C1CC(=O)NC1=O. The van der Waals surface area contributed by atoms with E-state index in [0.717, 1.165) is 5.56 Å². The predicted molar refractivity (Wildman–Crippen MR) is 87.5 cm³/mol. The molecule has 0 spiro atoms. The van der Waals surface area contributed by atoms with Crippen LogP contribution in [0.5, 0.6) is 11.5 Å². The van der Waals surface area contributed by atoms with Gasteiger partial charge >= 0.3 is 0 Å². The summed E-state index contributed by atoms with van der Waals surface area (Å²) in [5.74, 6) is 0.0227. The van der Waals surface area contributed by atoms with Gasteiger partial charge in [-0.3, -0.25) is 19.7 Å². The topological polar surface area (TPSA) is 84.9 Å². The van der Waals surface area contributed by atoms with Crippen molar-refractivity contribution in [2.24, 2.45) is 0 Å². The van der Waals surface area contributed by atoms with Gasteiger partial charge in [0.15, 0.2) is 11.5 Å². The zero-order chi connectivity index (χ0) is 17.7. The summed E-state index contributed by atoms with van der Waals surface area (Å²) in [5.41, 5.74) is 0.754. The second-order valence-electron chi connectivity index (χ2n) is 5.20. The minimum Gasteiger partial charge on any atom is -0.493 e. The molecular weight excluding hydrogens is 312 g/mol. The van der Waals surface area contributed by atoms with Crippen molar-refractivity contribution in [3.05, 3.63) is 29.8 Å². The fourth-order valence-electron chi connectivity index (χ4n) is 2.54. The first-order valence-corrected chi connectivity index (χ1v) is 7.54. The average molecular weight is 332 g/mol. The van der Waals surface area contributed by atoms with Crippen LogP contribution in [-0.2, 0) is 14.4 Å². The monoisotopic (exact) mass is 332 g/mol. The summed E-state index contributed by atoms with van der Waals surface area (Å²) >= 11 is 0. The maximum atomic E-state index is 12.4. The first-order valence-electron chi connectivity index (χ1n) is 7.54. The van der Waals surface area contributed by atoms with Crippen molar-refractivity contribution in [3.63, 3.8) is 0 Å². The minimum atomic E-state index is -0.745. The molecular formula is C17H20N2O5. The Balaban J connectivity index is 2.14. The molecule has 0 aliphatic carbocycles. The molecule has 0 bridgehead atoms. The number of hydrogen-bond donors (Lipinski definition) is 1. The first-order chi connectivity index (χ1) is 11.5. The molecule has 1 atom stereocenters. The van der Waals surface area contributed by atoms with E-state index in [1.807, 2.05) is 0 Å². The summed E-state index contributed by atoms with van der Waals surface area (Å²) in [6.45, 7) is 2.10. The molecule has 24 heavy (non-hydrogen) atoms. The van der Waals surface area contributed by atoms with E-state index >= 15 is 0 Å². The zero-order valence-corrected chi connectivity index (χ0v) is 13.9. The van der Waals surface area contributed by atoms with Crippen LogP contribution in [0, 0.1) is 0 Å². The number of carbonyl (C=O) groups excluding carboxylic acids is 3. The number of likely N-dealkylation sites (N-methyl/N-ethyl adjacent to an activating group) is 1. The highest BCUT2D eigenvalue weighted by Crippen LogP contribution is 2.28. The summed E-state index contributed by atoms with van der Waals surface area (Å²) < 4.78 is 10.4. The summed E-state index contributed by atoms with van der Waals surface area (Å²) in [5, 5.41) is 2.21. The van der Waals surface area contributed by atoms with Crippen LogP contribution in [0.1, 0.15) is 18.9 Å². The molecule has 0 saturated carbocycles. The Hall–Kier alpha value is -2.83. The fourth-order valence-corrected chi connectivity index (χ4v) is 2.54. The van der Waals surface area contributed by atoms with Crippen LogP contribution in [0.2, 0.25) is 0 Å². The third-order valence-corrected chi connectivity index (χ3v) is 3.77. The fraction of sp³-hybridized carbons (Fsp3) is 0.353. The molecule has 1 fully saturated rings. The molecule has 1 saturated heterocycles. The van der Waals surface area contributed by atoms with Crippen molar-refractivity contribution in [1.82, 2.24) is 10.2 Å². The van der Waals surface area contributed by atoms with E-state index in [4.69, 9.17) is 9.47 Å². The molecule has 0 aromatic heterocycles. The molecule has 0 radical (unpaired) electrons. The van der Waals surface area contributed by atoms with E-state index in [2.05, 4.69) is 5.32 Å². The van der Waals surface area contributed by atoms with Gasteiger partial charge in [-0.2, -0.15) is 0 Å². The Morgan fingerprint density at radius 2 is 2.00 bits per heavy atom. The Morgan fingerprint density at radius 3 is 2.54 bits per heavy atom.